The van der Waals surface area contributed by atoms with Gasteiger partial charge in [-0.3, -0.25) is 9.69 Å². The summed E-state index contributed by atoms with van der Waals surface area (Å²) in [5, 5.41) is 5.31. The van der Waals surface area contributed by atoms with Crippen LogP contribution in [0.5, 0.6) is 0 Å². The van der Waals surface area contributed by atoms with Crippen LogP contribution in [0.25, 0.3) is 0 Å². The van der Waals surface area contributed by atoms with E-state index in [1.54, 1.807) is 23.1 Å². The smallest absolute Gasteiger partial charge is 0.252 e. The summed E-state index contributed by atoms with van der Waals surface area (Å²) in [7, 11) is 0. The van der Waals surface area contributed by atoms with E-state index >= 15 is 0 Å². The summed E-state index contributed by atoms with van der Waals surface area (Å²) in [6, 6.07) is 22.9. The van der Waals surface area contributed by atoms with Gasteiger partial charge in [0.15, 0.2) is 0 Å². The van der Waals surface area contributed by atoms with E-state index in [4.69, 9.17) is 0 Å². The molecule has 3 aromatic rings. The molecule has 1 saturated heterocycles. The summed E-state index contributed by atoms with van der Waals surface area (Å²) in [6.07, 6.45) is 2.47. The molecule has 0 bridgehead atoms. The van der Waals surface area contributed by atoms with Crippen molar-refractivity contribution in [3.05, 3.63) is 88.1 Å². The Morgan fingerprint density at radius 1 is 1.00 bits per heavy atom. The third-order valence-corrected chi connectivity index (χ3v) is 7.48. The van der Waals surface area contributed by atoms with Crippen LogP contribution >= 0.6 is 23.1 Å². The van der Waals surface area contributed by atoms with E-state index in [2.05, 4.69) is 52.0 Å². The SMILES string of the molecule is O=C(NCC(c1ccccc1)N1CCCC1)c1ccccc1SCc1cccs1. The number of thioether (sulfide) groups is 1. The second-order valence-electron chi connectivity index (χ2n) is 7.24. The number of likely N-dealkylation sites (tertiary alicyclic amines) is 1. The first-order chi connectivity index (χ1) is 14.3. The van der Waals surface area contributed by atoms with Gasteiger partial charge in [0, 0.05) is 22.1 Å². The molecule has 29 heavy (non-hydrogen) atoms. The van der Waals surface area contributed by atoms with Gasteiger partial charge in [-0.15, -0.1) is 23.1 Å². The predicted molar refractivity (Wildman–Crippen MR) is 123 cm³/mol. The van der Waals surface area contributed by atoms with Crippen LogP contribution in [0, 0.1) is 0 Å². The largest absolute Gasteiger partial charge is 0.350 e. The molecule has 0 saturated carbocycles. The molecule has 0 aliphatic carbocycles. The Bertz CT molecular complexity index is 906. The van der Waals surface area contributed by atoms with E-state index in [-0.39, 0.29) is 11.9 Å². The molecule has 1 atom stereocenters. The minimum Gasteiger partial charge on any atom is -0.350 e. The number of carbonyl (C=O) groups excluding carboxylic acids is 1. The number of nitrogens with zero attached hydrogens (tertiary/aromatic N) is 1. The third kappa shape index (κ3) is 5.30. The maximum atomic E-state index is 13.0. The Morgan fingerprint density at radius 3 is 2.52 bits per heavy atom. The van der Waals surface area contributed by atoms with Crippen molar-refractivity contribution in [3.8, 4) is 0 Å². The van der Waals surface area contributed by atoms with Gasteiger partial charge in [0.2, 0.25) is 0 Å². The number of thiophene rings is 1. The highest BCUT2D eigenvalue weighted by atomic mass is 32.2. The second kappa shape index (κ2) is 10.1. The van der Waals surface area contributed by atoms with Gasteiger partial charge in [0.25, 0.3) is 5.91 Å². The van der Waals surface area contributed by atoms with Crippen molar-refractivity contribution in [2.75, 3.05) is 19.6 Å². The zero-order valence-electron chi connectivity index (χ0n) is 16.4. The Kier molecular flexibility index (Phi) is 7.04. The van der Waals surface area contributed by atoms with E-state index < -0.39 is 0 Å². The molecule has 5 heteroatoms. The van der Waals surface area contributed by atoms with E-state index in [0.717, 1.165) is 29.3 Å². The lowest BCUT2D eigenvalue weighted by molar-refractivity contribution is 0.0935. The number of benzene rings is 2. The minimum atomic E-state index is 0.0133. The van der Waals surface area contributed by atoms with Crippen molar-refractivity contribution in [2.24, 2.45) is 0 Å². The fourth-order valence-corrected chi connectivity index (χ4v) is 5.62. The molecule has 2 aromatic carbocycles. The maximum absolute atomic E-state index is 13.0. The van der Waals surface area contributed by atoms with Crippen LogP contribution in [0.15, 0.2) is 77.0 Å². The van der Waals surface area contributed by atoms with Gasteiger partial charge < -0.3 is 5.32 Å². The lowest BCUT2D eigenvalue weighted by Crippen LogP contribution is -2.37. The first-order valence-electron chi connectivity index (χ1n) is 10.1. The van der Waals surface area contributed by atoms with Crippen molar-refractivity contribution in [1.29, 1.82) is 0 Å². The van der Waals surface area contributed by atoms with Crippen LogP contribution in [0.2, 0.25) is 0 Å². The normalized spacial score (nSPS) is 15.3. The minimum absolute atomic E-state index is 0.0133. The summed E-state index contributed by atoms with van der Waals surface area (Å²) in [4.78, 5) is 17.9. The molecular formula is C24H26N2OS2. The highest BCUT2D eigenvalue weighted by Crippen LogP contribution is 2.28. The summed E-state index contributed by atoms with van der Waals surface area (Å²) in [5.74, 6) is 0.905. The zero-order chi connectivity index (χ0) is 19.9. The van der Waals surface area contributed by atoms with Gasteiger partial charge in [-0.05, 0) is 55.1 Å². The molecule has 0 spiro atoms. The van der Waals surface area contributed by atoms with Crippen molar-refractivity contribution in [3.63, 3.8) is 0 Å². The van der Waals surface area contributed by atoms with E-state index in [0.29, 0.717) is 6.54 Å². The number of hydrogen-bond acceptors (Lipinski definition) is 4. The number of amides is 1. The van der Waals surface area contributed by atoms with E-state index in [9.17, 15) is 4.79 Å². The molecule has 4 rings (SSSR count). The Labute approximate surface area is 181 Å². The second-order valence-corrected chi connectivity index (χ2v) is 9.29. The van der Waals surface area contributed by atoms with Crippen LogP contribution < -0.4 is 5.32 Å². The van der Waals surface area contributed by atoms with E-state index in [1.165, 1.54) is 23.3 Å². The van der Waals surface area contributed by atoms with E-state index in [1.807, 2.05) is 30.3 Å². The average molecular weight is 423 g/mol. The van der Waals surface area contributed by atoms with Gasteiger partial charge in [-0.2, -0.15) is 0 Å². The van der Waals surface area contributed by atoms with Crippen molar-refractivity contribution in [1.82, 2.24) is 10.2 Å². The number of nitrogens with one attached hydrogen (secondary N) is 1. The fraction of sp³-hybridized carbons (Fsp3) is 0.292. The fourth-order valence-electron chi connectivity index (χ4n) is 3.79. The number of rotatable bonds is 8. The Hall–Kier alpha value is -2.08. The predicted octanol–water partition coefficient (Wildman–Crippen LogP) is 5.61. The lowest BCUT2D eigenvalue weighted by Gasteiger charge is -2.28. The quantitative estimate of drug-likeness (QED) is 0.479. The molecule has 2 heterocycles. The molecule has 1 amide bonds. The molecule has 0 radical (unpaired) electrons. The molecule has 1 aromatic heterocycles. The molecule has 150 valence electrons. The molecular weight excluding hydrogens is 396 g/mol. The summed E-state index contributed by atoms with van der Waals surface area (Å²) < 4.78 is 0. The van der Waals surface area contributed by atoms with Crippen LogP contribution in [0.4, 0.5) is 0 Å². The average Bonchev–Trinajstić information content (AvgIpc) is 3.48. The molecule has 1 fully saturated rings. The van der Waals surface area contributed by atoms with Crippen LogP contribution in [0.3, 0.4) is 0 Å². The van der Waals surface area contributed by atoms with Crippen LogP contribution in [-0.4, -0.2) is 30.4 Å². The van der Waals surface area contributed by atoms with Gasteiger partial charge in [0.1, 0.15) is 0 Å². The number of carbonyl (C=O) groups is 1. The zero-order valence-corrected chi connectivity index (χ0v) is 18.1. The molecule has 1 unspecified atom stereocenters. The van der Waals surface area contributed by atoms with Gasteiger partial charge in [-0.25, -0.2) is 0 Å². The first kappa shape index (κ1) is 20.2. The van der Waals surface area contributed by atoms with Crippen molar-refractivity contribution >= 4 is 29.0 Å². The van der Waals surface area contributed by atoms with Crippen molar-refractivity contribution in [2.45, 2.75) is 29.5 Å². The highest BCUT2D eigenvalue weighted by Gasteiger charge is 2.24. The van der Waals surface area contributed by atoms with Gasteiger partial charge >= 0.3 is 0 Å². The maximum Gasteiger partial charge on any atom is 0.252 e. The lowest BCUT2D eigenvalue weighted by atomic mass is 10.1. The molecule has 3 nitrogen and oxygen atoms in total. The number of hydrogen-bond donors (Lipinski definition) is 1. The van der Waals surface area contributed by atoms with Crippen LogP contribution in [-0.2, 0) is 5.75 Å². The first-order valence-corrected chi connectivity index (χ1v) is 12.0. The van der Waals surface area contributed by atoms with Gasteiger partial charge in [0.05, 0.1) is 11.6 Å². The summed E-state index contributed by atoms with van der Waals surface area (Å²) in [6.45, 7) is 2.83. The molecule has 1 aliphatic rings. The van der Waals surface area contributed by atoms with Crippen LogP contribution in [0.1, 0.15) is 39.7 Å². The third-order valence-electron chi connectivity index (χ3n) is 5.30. The van der Waals surface area contributed by atoms with Gasteiger partial charge in [-0.1, -0.05) is 48.5 Å². The Balaban J connectivity index is 1.44. The monoisotopic (exact) mass is 422 g/mol. The standard InChI is InChI=1S/C24H26N2OS2/c27-24(21-12-4-5-13-23(21)29-18-20-11-8-16-28-20)25-17-22(26-14-6-7-15-26)19-9-2-1-3-10-19/h1-5,8-13,16,22H,6-7,14-15,17-18H2,(H,25,27). The molecule has 1 aliphatic heterocycles. The topological polar surface area (TPSA) is 32.3 Å². The Morgan fingerprint density at radius 2 is 1.76 bits per heavy atom. The highest BCUT2D eigenvalue weighted by molar-refractivity contribution is 7.98. The van der Waals surface area contributed by atoms with Crippen molar-refractivity contribution < 1.29 is 4.79 Å². The summed E-state index contributed by atoms with van der Waals surface area (Å²) >= 11 is 3.48. The summed E-state index contributed by atoms with van der Waals surface area (Å²) in [5.41, 5.74) is 2.04. The molecule has 1 N–H and O–H groups in total.